The maximum Gasteiger partial charge on any atom is 0.271 e. The smallest absolute Gasteiger partial charge is 0.271 e. The highest BCUT2D eigenvalue weighted by atomic mass is 35.5. The molecule has 27 heavy (non-hydrogen) atoms. The SMILES string of the molecule is COc1ccc(C(=O)N/N=C/c2cc3c(C)cccc3nc2Cl)cc1OC. The fraction of sp³-hybridized carbons (Fsp3) is 0.150. The molecule has 0 aliphatic heterocycles. The highest BCUT2D eigenvalue weighted by Crippen LogP contribution is 2.27. The summed E-state index contributed by atoms with van der Waals surface area (Å²) in [5, 5.41) is 5.29. The van der Waals surface area contributed by atoms with Gasteiger partial charge in [0.25, 0.3) is 5.91 Å². The molecule has 0 saturated heterocycles. The largest absolute Gasteiger partial charge is 0.493 e. The monoisotopic (exact) mass is 383 g/mol. The van der Waals surface area contributed by atoms with Crippen LogP contribution < -0.4 is 14.9 Å². The van der Waals surface area contributed by atoms with Gasteiger partial charge in [0.2, 0.25) is 0 Å². The predicted octanol–water partition coefficient (Wildman–Crippen LogP) is 3.98. The molecule has 0 aliphatic rings. The van der Waals surface area contributed by atoms with Gasteiger partial charge in [-0.05, 0) is 42.8 Å². The third-order valence-electron chi connectivity index (χ3n) is 4.07. The Labute approximate surface area is 161 Å². The zero-order valence-corrected chi connectivity index (χ0v) is 15.9. The van der Waals surface area contributed by atoms with E-state index in [1.807, 2.05) is 31.2 Å². The number of pyridine rings is 1. The van der Waals surface area contributed by atoms with Crippen molar-refractivity contribution in [3.63, 3.8) is 0 Å². The number of fused-ring (bicyclic) bond motifs is 1. The van der Waals surface area contributed by atoms with E-state index in [2.05, 4.69) is 15.5 Å². The average Bonchev–Trinajstić information content (AvgIpc) is 2.68. The van der Waals surface area contributed by atoms with Crippen LogP contribution in [0.5, 0.6) is 11.5 Å². The van der Waals surface area contributed by atoms with Crippen LogP contribution >= 0.6 is 11.6 Å². The molecule has 1 N–H and O–H groups in total. The predicted molar refractivity (Wildman–Crippen MR) is 106 cm³/mol. The van der Waals surface area contributed by atoms with Gasteiger partial charge in [0, 0.05) is 16.5 Å². The highest BCUT2D eigenvalue weighted by Gasteiger charge is 2.10. The Morgan fingerprint density at radius 1 is 1.15 bits per heavy atom. The molecule has 1 aromatic heterocycles. The van der Waals surface area contributed by atoms with E-state index in [9.17, 15) is 4.79 Å². The maximum atomic E-state index is 12.3. The number of carbonyl (C=O) groups excluding carboxylic acids is 1. The van der Waals surface area contributed by atoms with Crippen molar-refractivity contribution in [3.8, 4) is 11.5 Å². The summed E-state index contributed by atoms with van der Waals surface area (Å²) in [6.45, 7) is 2.00. The van der Waals surface area contributed by atoms with Crippen LogP contribution in [0.2, 0.25) is 5.15 Å². The number of hydrogen-bond acceptors (Lipinski definition) is 5. The first-order chi connectivity index (χ1) is 13.0. The standard InChI is InChI=1S/C20H18ClN3O3/c1-12-5-4-6-16-15(12)9-14(19(21)23-16)11-22-24-20(25)13-7-8-17(26-2)18(10-13)27-3/h4-11H,1-3H3,(H,24,25)/b22-11+. The van der Waals surface area contributed by atoms with E-state index in [0.29, 0.717) is 27.8 Å². The van der Waals surface area contributed by atoms with E-state index in [0.717, 1.165) is 16.5 Å². The van der Waals surface area contributed by atoms with Crippen LogP contribution in [-0.4, -0.2) is 31.3 Å². The molecule has 0 radical (unpaired) electrons. The number of nitrogens with one attached hydrogen (secondary N) is 1. The second-order valence-electron chi connectivity index (χ2n) is 5.78. The lowest BCUT2D eigenvalue weighted by Gasteiger charge is -2.08. The summed E-state index contributed by atoms with van der Waals surface area (Å²) in [5.74, 6) is 0.626. The molecule has 1 amide bonds. The van der Waals surface area contributed by atoms with Crippen molar-refractivity contribution in [2.75, 3.05) is 14.2 Å². The van der Waals surface area contributed by atoms with Crippen LogP contribution in [0.4, 0.5) is 0 Å². The third-order valence-corrected chi connectivity index (χ3v) is 4.38. The number of hydrogen-bond donors (Lipinski definition) is 1. The van der Waals surface area contributed by atoms with E-state index in [4.69, 9.17) is 21.1 Å². The molecule has 0 spiro atoms. The van der Waals surface area contributed by atoms with Crippen LogP contribution in [0.1, 0.15) is 21.5 Å². The van der Waals surface area contributed by atoms with Gasteiger partial charge in [-0.25, -0.2) is 10.4 Å². The lowest BCUT2D eigenvalue weighted by atomic mass is 10.1. The van der Waals surface area contributed by atoms with Crippen LogP contribution in [0, 0.1) is 6.92 Å². The summed E-state index contributed by atoms with van der Waals surface area (Å²) in [4.78, 5) is 16.6. The number of aryl methyl sites for hydroxylation is 1. The first-order valence-electron chi connectivity index (χ1n) is 8.14. The fourth-order valence-corrected chi connectivity index (χ4v) is 2.82. The molecule has 138 valence electrons. The molecular weight excluding hydrogens is 366 g/mol. The van der Waals surface area contributed by atoms with E-state index < -0.39 is 0 Å². The molecule has 7 heteroatoms. The molecule has 0 saturated carbocycles. The Bertz CT molecular complexity index is 1030. The Kier molecular flexibility index (Phi) is 5.57. The van der Waals surface area contributed by atoms with Crippen molar-refractivity contribution in [2.45, 2.75) is 6.92 Å². The molecular formula is C20H18ClN3O3. The normalized spacial score (nSPS) is 11.0. The molecule has 6 nitrogen and oxygen atoms in total. The maximum absolute atomic E-state index is 12.3. The Morgan fingerprint density at radius 2 is 1.93 bits per heavy atom. The number of aromatic nitrogens is 1. The van der Waals surface area contributed by atoms with Crippen molar-refractivity contribution in [3.05, 3.63) is 64.3 Å². The Morgan fingerprint density at radius 3 is 2.67 bits per heavy atom. The van der Waals surface area contributed by atoms with Gasteiger partial charge in [-0.3, -0.25) is 4.79 Å². The Balaban J connectivity index is 1.79. The second-order valence-corrected chi connectivity index (χ2v) is 6.14. The summed E-state index contributed by atoms with van der Waals surface area (Å²) < 4.78 is 10.4. The number of benzene rings is 2. The van der Waals surface area contributed by atoms with Gasteiger partial charge < -0.3 is 9.47 Å². The first-order valence-corrected chi connectivity index (χ1v) is 8.52. The van der Waals surface area contributed by atoms with Gasteiger partial charge in [-0.2, -0.15) is 5.10 Å². The van der Waals surface area contributed by atoms with Gasteiger partial charge in [-0.1, -0.05) is 23.7 Å². The van der Waals surface area contributed by atoms with E-state index in [-0.39, 0.29) is 5.91 Å². The third kappa shape index (κ3) is 4.01. The van der Waals surface area contributed by atoms with E-state index in [1.165, 1.54) is 20.4 Å². The number of nitrogens with zero attached hydrogens (tertiary/aromatic N) is 2. The van der Waals surface area contributed by atoms with Gasteiger partial charge in [0.1, 0.15) is 5.15 Å². The minimum atomic E-state index is -0.381. The molecule has 0 atom stereocenters. The number of methoxy groups -OCH3 is 2. The minimum Gasteiger partial charge on any atom is -0.493 e. The fourth-order valence-electron chi connectivity index (χ4n) is 2.63. The van der Waals surface area contributed by atoms with Crippen LogP contribution in [0.15, 0.2) is 47.6 Å². The number of carbonyl (C=O) groups is 1. The molecule has 0 fully saturated rings. The average molecular weight is 384 g/mol. The molecule has 0 aliphatic carbocycles. The molecule has 0 unspecified atom stereocenters. The van der Waals surface area contributed by atoms with E-state index >= 15 is 0 Å². The van der Waals surface area contributed by atoms with Crippen LogP contribution in [0.3, 0.4) is 0 Å². The second kappa shape index (κ2) is 8.05. The van der Waals surface area contributed by atoms with Gasteiger partial charge >= 0.3 is 0 Å². The van der Waals surface area contributed by atoms with Gasteiger partial charge in [0.05, 0.1) is 26.0 Å². The number of amides is 1. The zero-order valence-electron chi connectivity index (χ0n) is 15.1. The zero-order chi connectivity index (χ0) is 19.4. The van der Waals surface area contributed by atoms with Crippen molar-refractivity contribution >= 4 is 34.6 Å². The number of rotatable bonds is 5. The van der Waals surface area contributed by atoms with Gasteiger partial charge in [-0.15, -0.1) is 0 Å². The first kappa shape index (κ1) is 18.7. The van der Waals surface area contributed by atoms with Crippen LogP contribution in [0.25, 0.3) is 10.9 Å². The molecule has 0 bridgehead atoms. The van der Waals surface area contributed by atoms with Crippen molar-refractivity contribution < 1.29 is 14.3 Å². The van der Waals surface area contributed by atoms with Crippen molar-refractivity contribution in [1.82, 2.24) is 10.4 Å². The minimum absolute atomic E-state index is 0.317. The summed E-state index contributed by atoms with van der Waals surface area (Å²) in [6, 6.07) is 12.6. The van der Waals surface area contributed by atoms with Crippen LogP contribution in [-0.2, 0) is 0 Å². The molecule has 1 heterocycles. The number of hydrazone groups is 1. The number of ether oxygens (including phenoxy) is 2. The summed E-state index contributed by atoms with van der Waals surface area (Å²) >= 11 is 6.22. The molecule has 3 aromatic rings. The van der Waals surface area contributed by atoms with Gasteiger partial charge in [0.15, 0.2) is 11.5 Å². The molecule has 3 rings (SSSR count). The number of halogens is 1. The van der Waals surface area contributed by atoms with Crippen molar-refractivity contribution in [2.24, 2.45) is 5.10 Å². The van der Waals surface area contributed by atoms with Crippen molar-refractivity contribution in [1.29, 1.82) is 0 Å². The summed E-state index contributed by atoms with van der Waals surface area (Å²) in [5.41, 5.74) is 5.38. The highest BCUT2D eigenvalue weighted by molar-refractivity contribution is 6.32. The topological polar surface area (TPSA) is 72.8 Å². The summed E-state index contributed by atoms with van der Waals surface area (Å²) in [7, 11) is 3.04. The summed E-state index contributed by atoms with van der Waals surface area (Å²) in [6.07, 6.45) is 1.47. The quantitative estimate of drug-likeness (QED) is 0.411. The molecule has 2 aromatic carbocycles. The lowest BCUT2D eigenvalue weighted by Crippen LogP contribution is -2.17. The Hall–Kier alpha value is -3.12. The lowest BCUT2D eigenvalue weighted by molar-refractivity contribution is 0.0954. The van der Waals surface area contributed by atoms with E-state index in [1.54, 1.807) is 18.2 Å².